The molecule has 0 spiro atoms. The topological polar surface area (TPSA) is 60.1 Å². The van der Waals surface area contributed by atoms with Gasteiger partial charge in [0.15, 0.2) is 0 Å². The maximum Gasteiger partial charge on any atom is 0.234 e. The largest absolute Gasteiger partial charge is 0.252 e. The van der Waals surface area contributed by atoms with Crippen molar-refractivity contribution in [2.24, 2.45) is 12.0 Å². The van der Waals surface area contributed by atoms with Crippen molar-refractivity contribution in [3.8, 4) is 0 Å². The lowest BCUT2D eigenvalue weighted by Crippen LogP contribution is -1.99. The predicted octanol–water partition coefficient (Wildman–Crippen LogP) is -0.307. The highest BCUT2D eigenvalue weighted by Gasteiger charge is 1.96. The van der Waals surface area contributed by atoms with Gasteiger partial charge in [0, 0.05) is 13.5 Å². The number of nitrogens with zero attached hydrogens (tertiary/aromatic N) is 4. The van der Waals surface area contributed by atoms with Crippen LogP contribution in [0.2, 0.25) is 0 Å². The molecule has 0 unspecified atom stereocenters. The number of aryl methyl sites for hydroxylation is 1. The van der Waals surface area contributed by atoms with Gasteiger partial charge in [-0.1, -0.05) is 5.21 Å². The molecule has 1 aromatic heterocycles. The third kappa shape index (κ3) is 1.98. The lowest BCUT2D eigenvalue weighted by molar-refractivity contribution is 0.562. The monoisotopic (exact) mass is 152 g/mol. The first kappa shape index (κ1) is 7.63. The van der Waals surface area contributed by atoms with Crippen molar-refractivity contribution in [2.75, 3.05) is 6.54 Å². The molecule has 1 heterocycles. The Morgan fingerprint density at radius 3 is 3.18 bits per heavy atom. The molecule has 0 aromatic carbocycles. The Hall–Kier alpha value is -1.48. The highest BCUT2D eigenvalue weighted by atomic mass is 16.1. The molecule has 0 aliphatic rings. The molecule has 0 atom stereocenters. The third-order valence-electron chi connectivity index (χ3n) is 1.35. The minimum atomic E-state index is 0.449. The molecule has 0 bridgehead atoms. The van der Waals surface area contributed by atoms with E-state index >= 15 is 0 Å². The van der Waals surface area contributed by atoms with E-state index in [1.165, 1.54) is 6.08 Å². The maximum absolute atomic E-state index is 9.69. The Balaban J connectivity index is 2.50. The van der Waals surface area contributed by atoms with Crippen LogP contribution in [0.5, 0.6) is 0 Å². The van der Waals surface area contributed by atoms with Gasteiger partial charge >= 0.3 is 0 Å². The van der Waals surface area contributed by atoms with Crippen LogP contribution in [0.15, 0.2) is 11.2 Å². The van der Waals surface area contributed by atoms with E-state index in [1.807, 2.05) is 0 Å². The molecule has 5 heteroatoms. The van der Waals surface area contributed by atoms with Crippen molar-refractivity contribution < 1.29 is 4.79 Å². The molecule has 5 nitrogen and oxygen atoms in total. The summed E-state index contributed by atoms with van der Waals surface area (Å²) in [5, 5.41) is 7.40. The van der Waals surface area contributed by atoms with Crippen LogP contribution in [0.3, 0.4) is 0 Å². The Kier molecular flexibility index (Phi) is 2.52. The van der Waals surface area contributed by atoms with Gasteiger partial charge in [-0.25, -0.2) is 9.79 Å². The summed E-state index contributed by atoms with van der Waals surface area (Å²) < 4.78 is 1.65. The summed E-state index contributed by atoms with van der Waals surface area (Å²) in [5.74, 6) is 0. The van der Waals surface area contributed by atoms with Gasteiger partial charge in [-0.3, -0.25) is 4.68 Å². The molecule has 0 fully saturated rings. The summed E-state index contributed by atoms with van der Waals surface area (Å²) >= 11 is 0. The van der Waals surface area contributed by atoms with E-state index < -0.39 is 0 Å². The molecule has 1 rings (SSSR count). The zero-order valence-electron chi connectivity index (χ0n) is 6.19. The van der Waals surface area contributed by atoms with E-state index in [0.717, 1.165) is 5.69 Å². The average Bonchev–Trinajstić information content (AvgIpc) is 2.37. The van der Waals surface area contributed by atoms with Crippen LogP contribution in [-0.4, -0.2) is 27.6 Å². The second-order valence-corrected chi connectivity index (χ2v) is 2.07. The molecular formula is C6H8N4O. The lowest BCUT2D eigenvalue weighted by Gasteiger charge is -1.93. The smallest absolute Gasteiger partial charge is 0.234 e. The van der Waals surface area contributed by atoms with Gasteiger partial charge in [-0.2, -0.15) is 0 Å². The van der Waals surface area contributed by atoms with Crippen LogP contribution < -0.4 is 0 Å². The second kappa shape index (κ2) is 3.63. The first-order valence-electron chi connectivity index (χ1n) is 3.22. The van der Waals surface area contributed by atoms with Crippen molar-refractivity contribution in [3.63, 3.8) is 0 Å². The number of hydrogen-bond acceptors (Lipinski definition) is 4. The van der Waals surface area contributed by atoms with E-state index in [4.69, 9.17) is 0 Å². The van der Waals surface area contributed by atoms with Crippen molar-refractivity contribution in [1.29, 1.82) is 0 Å². The van der Waals surface area contributed by atoms with E-state index in [1.54, 1.807) is 17.9 Å². The van der Waals surface area contributed by atoms with Crippen LogP contribution in [-0.2, 0) is 18.3 Å². The number of rotatable bonds is 3. The van der Waals surface area contributed by atoms with E-state index in [2.05, 4.69) is 15.3 Å². The summed E-state index contributed by atoms with van der Waals surface area (Å²) in [4.78, 5) is 13.1. The van der Waals surface area contributed by atoms with Crippen LogP contribution in [0.25, 0.3) is 0 Å². The van der Waals surface area contributed by atoms with Gasteiger partial charge in [0.1, 0.15) is 0 Å². The molecule has 11 heavy (non-hydrogen) atoms. The van der Waals surface area contributed by atoms with Crippen molar-refractivity contribution >= 4 is 6.08 Å². The normalized spacial score (nSPS) is 9.18. The molecule has 0 amide bonds. The standard InChI is InChI=1S/C6H8N4O/c1-10-6(4-8-9-10)2-3-7-5-11/h4H,2-3H2,1H3. The number of aliphatic imine (C=N–C) groups is 1. The lowest BCUT2D eigenvalue weighted by atomic mass is 10.3. The Bertz CT molecular complexity index is 274. The number of hydrogen-bond donors (Lipinski definition) is 0. The van der Waals surface area contributed by atoms with Crippen molar-refractivity contribution in [2.45, 2.75) is 6.42 Å². The molecule has 0 saturated carbocycles. The maximum atomic E-state index is 9.69. The van der Waals surface area contributed by atoms with Crippen LogP contribution in [0, 0.1) is 0 Å². The van der Waals surface area contributed by atoms with Crippen molar-refractivity contribution in [3.05, 3.63) is 11.9 Å². The molecule has 0 radical (unpaired) electrons. The van der Waals surface area contributed by atoms with Gasteiger partial charge in [0.05, 0.1) is 18.4 Å². The highest BCUT2D eigenvalue weighted by Crippen LogP contribution is 1.93. The zero-order valence-corrected chi connectivity index (χ0v) is 6.19. The number of aromatic nitrogens is 3. The first-order chi connectivity index (χ1) is 5.34. The summed E-state index contributed by atoms with van der Waals surface area (Å²) in [6.45, 7) is 0.449. The van der Waals surface area contributed by atoms with Gasteiger partial charge < -0.3 is 0 Å². The first-order valence-corrected chi connectivity index (χ1v) is 3.22. The molecule has 0 N–H and O–H groups in total. The fourth-order valence-corrected chi connectivity index (χ4v) is 0.753. The Morgan fingerprint density at radius 1 is 1.82 bits per heavy atom. The van der Waals surface area contributed by atoms with E-state index in [9.17, 15) is 4.79 Å². The van der Waals surface area contributed by atoms with Gasteiger partial charge in [-0.05, 0) is 0 Å². The van der Waals surface area contributed by atoms with E-state index in [0.29, 0.717) is 13.0 Å². The minimum Gasteiger partial charge on any atom is -0.252 e. The fraction of sp³-hybridized carbons (Fsp3) is 0.500. The predicted molar refractivity (Wildman–Crippen MR) is 37.7 cm³/mol. The summed E-state index contributed by atoms with van der Waals surface area (Å²) in [7, 11) is 1.80. The molecule has 0 aliphatic carbocycles. The fourth-order valence-electron chi connectivity index (χ4n) is 0.753. The molecule has 0 saturated heterocycles. The Labute approximate surface area is 63.7 Å². The Morgan fingerprint density at radius 2 is 2.64 bits per heavy atom. The van der Waals surface area contributed by atoms with E-state index in [-0.39, 0.29) is 0 Å². The summed E-state index contributed by atoms with van der Waals surface area (Å²) in [6.07, 6.45) is 3.81. The summed E-state index contributed by atoms with van der Waals surface area (Å²) in [6, 6.07) is 0. The SMILES string of the molecule is Cn1nncc1CCN=C=O. The second-order valence-electron chi connectivity index (χ2n) is 2.07. The number of carbonyl (C=O) groups excluding carboxylic acids is 1. The third-order valence-corrected chi connectivity index (χ3v) is 1.35. The van der Waals surface area contributed by atoms with Gasteiger partial charge in [0.25, 0.3) is 0 Å². The highest BCUT2D eigenvalue weighted by molar-refractivity contribution is 5.32. The van der Waals surface area contributed by atoms with Crippen molar-refractivity contribution in [1.82, 2.24) is 15.0 Å². The minimum absolute atomic E-state index is 0.449. The quantitative estimate of drug-likeness (QED) is 0.441. The van der Waals surface area contributed by atoms with Crippen LogP contribution >= 0.6 is 0 Å². The van der Waals surface area contributed by atoms with Crippen LogP contribution in [0.1, 0.15) is 5.69 Å². The molecular weight excluding hydrogens is 144 g/mol. The van der Waals surface area contributed by atoms with Crippen LogP contribution in [0.4, 0.5) is 0 Å². The molecule has 1 aromatic rings. The number of isocyanates is 1. The molecule has 0 aliphatic heterocycles. The zero-order chi connectivity index (χ0) is 8.10. The molecule has 58 valence electrons. The summed E-state index contributed by atoms with van der Waals surface area (Å²) in [5.41, 5.74) is 0.962. The average molecular weight is 152 g/mol. The van der Waals surface area contributed by atoms with Gasteiger partial charge in [-0.15, -0.1) is 5.10 Å². The van der Waals surface area contributed by atoms with Gasteiger partial charge in [0.2, 0.25) is 6.08 Å².